The highest BCUT2D eigenvalue weighted by Gasteiger charge is 2.30. The molecular weight excluding hydrogens is 338 g/mol. The number of benzene rings is 1. The Kier molecular flexibility index (Phi) is 6.59. The van der Waals surface area contributed by atoms with Gasteiger partial charge in [-0.3, -0.25) is 9.69 Å². The van der Waals surface area contributed by atoms with Gasteiger partial charge in [0.2, 0.25) is 15.9 Å². The molecule has 0 aliphatic carbocycles. The van der Waals surface area contributed by atoms with Gasteiger partial charge < -0.3 is 5.32 Å². The van der Waals surface area contributed by atoms with E-state index in [2.05, 4.69) is 5.32 Å². The van der Waals surface area contributed by atoms with Gasteiger partial charge in [-0.15, -0.1) is 0 Å². The molecule has 25 heavy (non-hydrogen) atoms. The molecule has 1 aliphatic rings. The van der Waals surface area contributed by atoms with Gasteiger partial charge in [-0.25, -0.2) is 8.42 Å². The summed E-state index contributed by atoms with van der Waals surface area (Å²) in [4.78, 5) is 14.4. The van der Waals surface area contributed by atoms with Gasteiger partial charge in [0.15, 0.2) is 0 Å². The molecule has 0 aromatic heterocycles. The van der Waals surface area contributed by atoms with E-state index in [1.807, 2.05) is 44.7 Å². The Balaban J connectivity index is 1.96. The van der Waals surface area contributed by atoms with Crippen LogP contribution in [0.25, 0.3) is 0 Å². The predicted molar refractivity (Wildman–Crippen MR) is 99.0 cm³/mol. The Morgan fingerprint density at radius 1 is 1.20 bits per heavy atom. The second kappa shape index (κ2) is 8.29. The smallest absolute Gasteiger partial charge is 0.243 e. The minimum absolute atomic E-state index is 0.0000335. The lowest BCUT2D eigenvalue weighted by Gasteiger charge is -2.34. The van der Waals surface area contributed by atoms with Gasteiger partial charge >= 0.3 is 0 Å². The molecule has 0 saturated carbocycles. The van der Waals surface area contributed by atoms with Gasteiger partial charge in [0, 0.05) is 32.2 Å². The first-order valence-corrected chi connectivity index (χ1v) is 10.3. The van der Waals surface area contributed by atoms with E-state index in [9.17, 15) is 13.2 Å². The number of carbonyl (C=O) groups is 1. The predicted octanol–water partition coefficient (Wildman–Crippen LogP) is 1.52. The maximum absolute atomic E-state index is 12.9. The lowest BCUT2D eigenvalue weighted by atomic mass is 10.2. The number of amides is 1. The van der Waals surface area contributed by atoms with Crippen LogP contribution in [0.1, 0.15) is 31.4 Å². The maximum Gasteiger partial charge on any atom is 0.243 e. The van der Waals surface area contributed by atoms with E-state index in [4.69, 9.17) is 0 Å². The Labute approximate surface area is 151 Å². The lowest BCUT2D eigenvalue weighted by Crippen LogP contribution is -2.51. The van der Waals surface area contributed by atoms with Gasteiger partial charge in [0.25, 0.3) is 0 Å². The second-order valence-corrected chi connectivity index (χ2v) is 8.73. The van der Waals surface area contributed by atoms with E-state index in [1.165, 1.54) is 4.31 Å². The third-order valence-corrected chi connectivity index (χ3v) is 6.73. The van der Waals surface area contributed by atoms with Crippen LogP contribution >= 0.6 is 0 Å². The molecule has 1 saturated heterocycles. The highest BCUT2D eigenvalue weighted by molar-refractivity contribution is 7.89. The van der Waals surface area contributed by atoms with Gasteiger partial charge in [-0.1, -0.05) is 24.6 Å². The van der Waals surface area contributed by atoms with Crippen LogP contribution in [0, 0.1) is 13.8 Å². The summed E-state index contributed by atoms with van der Waals surface area (Å²) in [7, 11) is -3.48. The van der Waals surface area contributed by atoms with Crippen LogP contribution in [0.5, 0.6) is 0 Å². The van der Waals surface area contributed by atoms with E-state index in [-0.39, 0.29) is 11.9 Å². The first-order chi connectivity index (χ1) is 11.7. The summed E-state index contributed by atoms with van der Waals surface area (Å²) in [5.41, 5.74) is 1.82. The minimum atomic E-state index is -3.48. The topological polar surface area (TPSA) is 69.7 Å². The number of hydrogen-bond donors (Lipinski definition) is 1. The Hall–Kier alpha value is -1.44. The van der Waals surface area contributed by atoms with Crippen molar-refractivity contribution in [2.24, 2.45) is 0 Å². The van der Waals surface area contributed by atoms with Crippen LogP contribution in [-0.4, -0.2) is 62.3 Å². The van der Waals surface area contributed by atoms with Crippen LogP contribution in [0.4, 0.5) is 0 Å². The van der Waals surface area contributed by atoms with Crippen LogP contribution in [0.3, 0.4) is 0 Å². The molecule has 2 rings (SSSR count). The van der Waals surface area contributed by atoms with Crippen molar-refractivity contribution in [1.29, 1.82) is 0 Å². The monoisotopic (exact) mass is 367 g/mol. The molecule has 0 unspecified atom stereocenters. The van der Waals surface area contributed by atoms with Gasteiger partial charge in [0.1, 0.15) is 0 Å². The number of nitrogens with one attached hydrogen (secondary N) is 1. The second-order valence-electron chi connectivity index (χ2n) is 6.83. The largest absolute Gasteiger partial charge is 0.353 e. The van der Waals surface area contributed by atoms with Gasteiger partial charge in [-0.2, -0.15) is 4.31 Å². The van der Waals surface area contributed by atoms with Crippen molar-refractivity contribution in [3.63, 3.8) is 0 Å². The van der Waals surface area contributed by atoms with Gasteiger partial charge in [-0.05, 0) is 38.8 Å². The number of rotatable bonds is 6. The summed E-state index contributed by atoms with van der Waals surface area (Å²) in [6, 6.07) is 5.57. The Bertz CT molecular complexity index is 710. The first-order valence-electron chi connectivity index (χ1n) is 8.83. The van der Waals surface area contributed by atoms with E-state index < -0.39 is 10.0 Å². The van der Waals surface area contributed by atoms with Crippen molar-refractivity contribution in [2.75, 3.05) is 32.7 Å². The molecule has 0 radical (unpaired) electrons. The molecule has 0 spiro atoms. The fourth-order valence-corrected chi connectivity index (χ4v) is 4.61. The fourth-order valence-electron chi connectivity index (χ4n) is 2.98. The normalized spacial score (nSPS) is 18.1. The molecule has 1 heterocycles. The fraction of sp³-hybridized carbons (Fsp3) is 0.611. The van der Waals surface area contributed by atoms with Crippen molar-refractivity contribution >= 4 is 15.9 Å². The number of hydrogen-bond acceptors (Lipinski definition) is 4. The molecule has 1 fully saturated rings. The SMILES string of the molecule is CC[C@@H](C)NC(=O)CN1CCN(S(=O)(=O)c2ccc(C)cc2C)CC1. The highest BCUT2D eigenvalue weighted by atomic mass is 32.2. The van der Waals surface area contributed by atoms with Crippen molar-refractivity contribution in [1.82, 2.24) is 14.5 Å². The third-order valence-electron chi connectivity index (χ3n) is 4.67. The van der Waals surface area contributed by atoms with Crippen LogP contribution in [-0.2, 0) is 14.8 Å². The molecule has 1 amide bonds. The zero-order valence-corrected chi connectivity index (χ0v) is 16.4. The zero-order valence-electron chi connectivity index (χ0n) is 15.6. The van der Waals surface area contributed by atoms with Crippen molar-refractivity contribution in [3.8, 4) is 0 Å². The average Bonchev–Trinajstić information content (AvgIpc) is 2.54. The molecule has 1 aromatic carbocycles. The van der Waals surface area contributed by atoms with Crippen molar-refractivity contribution < 1.29 is 13.2 Å². The number of aryl methyl sites for hydroxylation is 2. The summed E-state index contributed by atoms with van der Waals surface area (Å²) in [6.45, 7) is 10.1. The Morgan fingerprint density at radius 3 is 2.40 bits per heavy atom. The first kappa shape index (κ1) is 19.9. The average molecular weight is 368 g/mol. The third kappa shape index (κ3) is 5.03. The molecule has 140 valence electrons. The maximum atomic E-state index is 12.9. The minimum Gasteiger partial charge on any atom is -0.353 e. The van der Waals surface area contributed by atoms with E-state index in [1.54, 1.807) is 6.07 Å². The number of nitrogens with zero attached hydrogens (tertiary/aromatic N) is 2. The summed E-state index contributed by atoms with van der Waals surface area (Å²) in [5, 5.41) is 2.94. The van der Waals surface area contributed by atoms with E-state index in [0.717, 1.165) is 17.5 Å². The van der Waals surface area contributed by atoms with E-state index in [0.29, 0.717) is 37.6 Å². The van der Waals surface area contributed by atoms with E-state index >= 15 is 0 Å². The van der Waals surface area contributed by atoms with Crippen molar-refractivity contribution in [2.45, 2.75) is 45.1 Å². The molecule has 1 aliphatic heterocycles. The Morgan fingerprint density at radius 2 is 1.84 bits per heavy atom. The molecular formula is C18H29N3O3S. The molecule has 1 aromatic rings. The molecule has 1 atom stereocenters. The van der Waals surface area contributed by atoms with Crippen LogP contribution in [0.15, 0.2) is 23.1 Å². The molecule has 1 N–H and O–H groups in total. The summed E-state index contributed by atoms with van der Waals surface area (Å²) >= 11 is 0. The number of carbonyl (C=O) groups excluding carboxylic acids is 1. The molecule has 0 bridgehead atoms. The summed E-state index contributed by atoms with van der Waals surface area (Å²) < 4.78 is 27.2. The summed E-state index contributed by atoms with van der Waals surface area (Å²) in [6.07, 6.45) is 0.896. The lowest BCUT2D eigenvalue weighted by molar-refractivity contribution is -0.123. The summed E-state index contributed by atoms with van der Waals surface area (Å²) in [5.74, 6) is 0.0000335. The number of piperazine rings is 1. The van der Waals surface area contributed by atoms with Crippen molar-refractivity contribution in [3.05, 3.63) is 29.3 Å². The standard InChI is InChI=1S/C18H29N3O3S/c1-5-16(4)19-18(22)13-20-8-10-21(11-9-20)25(23,24)17-7-6-14(2)12-15(17)3/h6-7,12,16H,5,8-11,13H2,1-4H3,(H,19,22)/t16-/m1/s1. The molecule has 7 heteroatoms. The molecule has 6 nitrogen and oxygen atoms in total. The highest BCUT2D eigenvalue weighted by Crippen LogP contribution is 2.22. The quantitative estimate of drug-likeness (QED) is 0.828. The van der Waals surface area contributed by atoms with Crippen LogP contribution < -0.4 is 5.32 Å². The number of sulfonamides is 1. The van der Waals surface area contributed by atoms with Gasteiger partial charge in [0.05, 0.1) is 11.4 Å². The van der Waals surface area contributed by atoms with Crippen LogP contribution in [0.2, 0.25) is 0 Å². The zero-order chi connectivity index (χ0) is 18.6.